The minimum atomic E-state index is -1.57. The Labute approximate surface area is 141 Å². The molecule has 0 saturated carbocycles. The summed E-state index contributed by atoms with van der Waals surface area (Å²) in [6, 6.07) is 6.32. The number of hydrogen-bond donors (Lipinski definition) is 2. The Balaban J connectivity index is 0.00000484. The van der Waals surface area contributed by atoms with Crippen molar-refractivity contribution in [3.63, 3.8) is 0 Å². The number of carbonyl (C=O) groups excluding carboxylic acids is 1. The monoisotopic (exact) mass is 348 g/mol. The van der Waals surface area contributed by atoms with E-state index in [1.807, 2.05) is 20.8 Å². The molecule has 0 heterocycles. The lowest BCUT2D eigenvalue weighted by Crippen LogP contribution is -2.40. The Morgan fingerprint density at radius 1 is 1.35 bits per heavy atom. The van der Waals surface area contributed by atoms with E-state index in [1.54, 1.807) is 24.3 Å². The Kier molecular flexibility index (Phi) is 8.79. The van der Waals surface area contributed by atoms with Crippen molar-refractivity contribution in [1.82, 2.24) is 5.32 Å². The number of nitrogens with two attached hydrogens (primary N) is 1. The molecule has 0 aliphatic rings. The van der Waals surface area contributed by atoms with Crippen molar-refractivity contribution < 1.29 is 18.3 Å². The van der Waals surface area contributed by atoms with Crippen molar-refractivity contribution >= 4 is 18.3 Å². The maximum atomic E-state index is 13.3. The van der Waals surface area contributed by atoms with Crippen LogP contribution < -0.4 is 15.8 Å². The molecule has 0 fully saturated rings. The van der Waals surface area contributed by atoms with Gasteiger partial charge in [-0.25, -0.2) is 8.78 Å². The van der Waals surface area contributed by atoms with Gasteiger partial charge in [-0.1, -0.05) is 0 Å². The lowest BCUT2D eigenvalue weighted by molar-refractivity contribution is 0.0919. The summed E-state index contributed by atoms with van der Waals surface area (Å²) in [6.07, 6.45) is -1.40. The van der Waals surface area contributed by atoms with Crippen molar-refractivity contribution in [2.75, 3.05) is 13.2 Å². The molecule has 0 radical (unpaired) electrons. The Morgan fingerprint density at radius 2 is 1.91 bits per heavy atom. The van der Waals surface area contributed by atoms with Crippen LogP contribution in [-0.2, 0) is 0 Å². The smallest absolute Gasteiger partial charge is 0.251 e. The van der Waals surface area contributed by atoms with Crippen LogP contribution in [0.25, 0.3) is 0 Å². The molecule has 0 aromatic heterocycles. The highest BCUT2D eigenvalue weighted by Crippen LogP contribution is 2.15. The topological polar surface area (TPSA) is 64.3 Å². The third kappa shape index (κ3) is 7.43. The molecule has 0 bridgehead atoms. The maximum absolute atomic E-state index is 13.3. The SMILES string of the molecule is CC(C)(C)NC(=O)c1ccc(OC/C(=C\F)[C@@H](F)CN)cc1.Cl. The molecule has 0 spiro atoms. The van der Waals surface area contributed by atoms with Crippen LogP contribution in [-0.4, -0.2) is 30.8 Å². The highest BCUT2D eigenvalue weighted by atomic mass is 35.5. The zero-order valence-electron chi connectivity index (χ0n) is 13.4. The van der Waals surface area contributed by atoms with Crippen molar-refractivity contribution in [3.8, 4) is 5.75 Å². The predicted octanol–water partition coefficient (Wildman–Crippen LogP) is 3.17. The molecule has 0 aliphatic carbocycles. The molecule has 4 nitrogen and oxygen atoms in total. The summed E-state index contributed by atoms with van der Waals surface area (Å²) >= 11 is 0. The molecule has 1 atom stereocenters. The molecule has 1 aromatic carbocycles. The van der Waals surface area contributed by atoms with Gasteiger partial charge in [0.25, 0.3) is 5.91 Å². The van der Waals surface area contributed by atoms with Crippen molar-refractivity contribution in [1.29, 1.82) is 0 Å². The summed E-state index contributed by atoms with van der Waals surface area (Å²) in [6.45, 7) is 5.13. The number of hydrogen-bond acceptors (Lipinski definition) is 3. The molecule has 0 unspecified atom stereocenters. The molecule has 23 heavy (non-hydrogen) atoms. The minimum Gasteiger partial charge on any atom is -0.489 e. The quantitative estimate of drug-likeness (QED) is 0.830. The average Bonchev–Trinajstić information content (AvgIpc) is 2.46. The Bertz CT molecular complexity index is 528. The van der Waals surface area contributed by atoms with Gasteiger partial charge in [-0.15, -0.1) is 12.4 Å². The van der Waals surface area contributed by atoms with E-state index in [1.165, 1.54) is 0 Å². The lowest BCUT2D eigenvalue weighted by atomic mass is 10.1. The standard InChI is InChI=1S/C16H22F2N2O2.ClH/c1-16(2,3)20-15(21)11-4-6-13(7-5-11)22-10-12(8-17)14(18)9-19;/h4-8,14H,9-10,19H2,1-3H3,(H,20,21);1H/b12-8+;/t14-;/m0./s1. The number of amides is 1. The number of carbonyl (C=O) groups is 1. The predicted molar refractivity (Wildman–Crippen MR) is 89.5 cm³/mol. The van der Waals surface area contributed by atoms with E-state index in [0.717, 1.165) is 0 Å². The largest absolute Gasteiger partial charge is 0.489 e. The van der Waals surface area contributed by atoms with E-state index < -0.39 is 6.17 Å². The fourth-order valence-electron chi connectivity index (χ4n) is 1.62. The summed E-state index contributed by atoms with van der Waals surface area (Å²) in [5, 5.41) is 2.83. The number of rotatable bonds is 6. The van der Waals surface area contributed by atoms with Gasteiger partial charge in [-0.2, -0.15) is 0 Å². The molecule has 3 N–H and O–H groups in total. The zero-order valence-corrected chi connectivity index (χ0v) is 14.3. The molecular weight excluding hydrogens is 326 g/mol. The second-order valence-electron chi connectivity index (χ2n) is 5.90. The Morgan fingerprint density at radius 3 is 2.35 bits per heavy atom. The fraction of sp³-hybridized carbons (Fsp3) is 0.438. The third-order valence-corrected chi connectivity index (χ3v) is 2.76. The normalized spacial score (nSPS) is 13.0. The van der Waals surface area contributed by atoms with Crippen molar-refractivity contribution in [3.05, 3.63) is 41.7 Å². The summed E-state index contributed by atoms with van der Waals surface area (Å²) in [5.41, 5.74) is 5.14. The minimum absolute atomic E-state index is 0. The van der Waals surface area contributed by atoms with Gasteiger partial charge in [0.05, 0.1) is 6.33 Å². The summed E-state index contributed by atoms with van der Waals surface area (Å²) in [5.74, 6) is 0.214. The van der Waals surface area contributed by atoms with E-state index in [-0.39, 0.29) is 48.9 Å². The third-order valence-electron chi connectivity index (χ3n) is 2.76. The summed E-state index contributed by atoms with van der Waals surface area (Å²) < 4.78 is 31.1. The van der Waals surface area contributed by atoms with Gasteiger partial charge in [0.1, 0.15) is 18.5 Å². The van der Waals surface area contributed by atoms with Gasteiger partial charge in [0.15, 0.2) is 0 Å². The lowest BCUT2D eigenvalue weighted by Gasteiger charge is -2.20. The van der Waals surface area contributed by atoms with Gasteiger partial charge in [0.2, 0.25) is 0 Å². The van der Waals surface area contributed by atoms with Crippen LogP contribution in [0, 0.1) is 0 Å². The fourth-order valence-corrected chi connectivity index (χ4v) is 1.62. The van der Waals surface area contributed by atoms with Gasteiger partial charge < -0.3 is 15.8 Å². The second-order valence-corrected chi connectivity index (χ2v) is 5.90. The second kappa shape index (κ2) is 9.47. The van der Waals surface area contributed by atoms with Crippen LogP contribution in [0.1, 0.15) is 31.1 Å². The molecule has 0 aliphatic heterocycles. The van der Waals surface area contributed by atoms with E-state index >= 15 is 0 Å². The molecule has 1 aromatic rings. The first-order valence-corrected chi connectivity index (χ1v) is 6.95. The number of halogens is 3. The highest BCUT2D eigenvalue weighted by molar-refractivity contribution is 5.94. The molecule has 130 valence electrons. The average molecular weight is 349 g/mol. The van der Waals surface area contributed by atoms with Crippen LogP contribution in [0.2, 0.25) is 0 Å². The summed E-state index contributed by atoms with van der Waals surface area (Å²) in [4.78, 5) is 11.9. The van der Waals surface area contributed by atoms with Crippen LogP contribution in [0.15, 0.2) is 36.2 Å². The van der Waals surface area contributed by atoms with E-state index in [2.05, 4.69) is 5.32 Å². The van der Waals surface area contributed by atoms with Gasteiger partial charge >= 0.3 is 0 Å². The zero-order chi connectivity index (χ0) is 16.8. The van der Waals surface area contributed by atoms with Crippen LogP contribution >= 0.6 is 12.4 Å². The van der Waals surface area contributed by atoms with Crippen molar-refractivity contribution in [2.45, 2.75) is 32.5 Å². The number of ether oxygens (including phenoxy) is 1. The first-order valence-electron chi connectivity index (χ1n) is 6.95. The first-order chi connectivity index (χ1) is 10.3. The van der Waals surface area contributed by atoms with Crippen LogP contribution in [0.5, 0.6) is 5.75 Å². The van der Waals surface area contributed by atoms with E-state index in [4.69, 9.17) is 10.5 Å². The van der Waals surface area contributed by atoms with Gasteiger partial charge in [0, 0.05) is 23.2 Å². The van der Waals surface area contributed by atoms with E-state index in [9.17, 15) is 13.6 Å². The first kappa shape index (κ1) is 21.3. The number of benzene rings is 1. The number of alkyl halides is 1. The molecule has 1 amide bonds. The Hall–Kier alpha value is -1.66. The summed E-state index contributed by atoms with van der Waals surface area (Å²) in [7, 11) is 0. The van der Waals surface area contributed by atoms with Crippen LogP contribution in [0.3, 0.4) is 0 Å². The molecule has 7 heteroatoms. The van der Waals surface area contributed by atoms with Crippen molar-refractivity contribution in [2.24, 2.45) is 5.73 Å². The molecule has 1 rings (SSSR count). The maximum Gasteiger partial charge on any atom is 0.251 e. The number of nitrogens with one attached hydrogen (secondary N) is 1. The van der Waals surface area contributed by atoms with Gasteiger partial charge in [-0.3, -0.25) is 4.79 Å². The molecule has 0 saturated heterocycles. The van der Waals surface area contributed by atoms with Crippen LogP contribution in [0.4, 0.5) is 8.78 Å². The van der Waals surface area contributed by atoms with E-state index in [0.29, 0.717) is 11.3 Å². The highest BCUT2D eigenvalue weighted by Gasteiger charge is 2.15. The van der Waals surface area contributed by atoms with Gasteiger partial charge in [-0.05, 0) is 45.0 Å². The molecular formula is C16H23ClF2N2O2.